The van der Waals surface area contributed by atoms with Gasteiger partial charge in [0.2, 0.25) is 0 Å². The Hall–Kier alpha value is -7.63. The number of fused-ring (bicyclic) bond motifs is 6. The van der Waals surface area contributed by atoms with Crippen LogP contribution < -0.4 is 0 Å². The zero-order valence-corrected chi connectivity index (χ0v) is 30.1. The fourth-order valence-corrected chi connectivity index (χ4v) is 7.90. The smallest absolute Gasteiger partial charge is 0.164 e. The maximum Gasteiger partial charge on any atom is 0.164 e. The molecule has 11 rings (SSSR count). The summed E-state index contributed by atoms with van der Waals surface area (Å²) in [5.74, 6) is 1.82. The first-order chi connectivity index (χ1) is 27.7. The first-order valence-electron chi connectivity index (χ1n) is 18.7. The average Bonchev–Trinajstić information content (AvgIpc) is 3.86. The summed E-state index contributed by atoms with van der Waals surface area (Å²) in [7, 11) is 0. The average molecular weight is 718 g/mol. The van der Waals surface area contributed by atoms with E-state index < -0.39 is 0 Å². The SMILES string of the molecule is c1ccc(-c2cccc(-c3ccc(-c4ccc5c(c4)oc4cccc(-c6nc(-c7ccccc7)nc(-c7ccccc7)n6)c45)c4oc5ccccc5c34)c2)cc1. The minimum absolute atomic E-state index is 0.589. The lowest BCUT2D eigenvalue weighted by atomic mass is 9.92. The Morgan fingerprint density at radius 1 is 0.286 bits per heavy atom. The zero-order chi connectivity index (χ0) is 37.0. The number of benzene rings is 8. The Labute approximate surface area is 322 Å². The number of furan rings is 2. The lowest BCUT2D eigenvalue weighted by Gasteiger charge is -2.10. The van der Waals surface area contributed by atoms with Crippen LogP contribution in [0.3, 0.4) is 0 Å². The number of rotatable bonds is 6. The van der Waals surface area contributed by atoms with Gasteiger partial charge in [-0.15, -0.1) is 0 Å². The summed E-state index contributed by atoms with van der Waals surface area (Å²) < 4.78 is 13.3. The lowest BCUT2D eigenvalue weighted by molar-refractivity contribution is 0.668. The zero-order valence-electron chi connectivity index (χ0n) is 30.1. The van der Waals surface area contributed by atoms with Crippen molar-refractivity contribution in [1.82, 2.24) is 15.0 Å². The van der Waals surface area contributed by atoms with E-state index in [9.17, 15) is 0 Å². The highest BCUT2D eigenvalue weighted by Gasteiger charge is 2.21. The van der Waals surface area contributed by atoms with Crippen molar-refractivity contribution in [1.29, 1.82) is 0 Å². The summed E-state index contributed by atoms with van der Waals surface area (Å²) in [6.45, 7) is 0. The van der Waals surface area contributed by atoms with Gasteiger partial charge in [-0.25, -0.2) is 15.0 Å². The maximum absolute atomic E-state index is 6.71. The minimum Gasteiger partial charge on any atom is -0.456 e. The van der Waals surface area contributed by atoms with Crippen LogP contribution in [0.4, 0.5) is 0 Å². The Kier molecular flexibility index (Phi) is 7.42. The van der Waals surface area contributed by atoms with Gasteiger partial charge in [-0.2, -0.15) is 0 Å². The molecule has 0 amide bonds. The predicted molar refractivity (Wildman–Crippen MR) is 227 cm³/mol. The van der Waals surface area contributed by atoms with Crippen LogP contribution in [0.1, 0.15) is 0 Å². The third kappa shape index (κ3) is 5.37. The van der Waals surface area contributed by atoms with E-state index in [2.05, 4.69) is 97.1 Å². The summed E-state index contributed by atoms with van der Waals surface area (Å²) in [6.07, 6.45) is 0. The van der Waals surface area contributed by atoms with Crippen LogP contribution in [0.25, 0.3) is 111 Å². The van der Waals surface area contributed by atoms with Crippen molar-refractivity contribution in [2.45, 2.75) is 0 Å². The molecule has 3 heterocycles. The van der Waals surface area contributed by atoms with Crippen LogP contribution in [0, 0.1) is 0 Å². The molecule has 0 aliphatic carbocycles. The monoisotopic (exact) mass is 717 g/mol. The Morgan fingerprint density at radius 3 is 1.59 bits per heavy atom. The topological polar surface area (TPSA) is 65.0 Å². The van der Waals surface area contributed by atoms with Crippen molar-refractivity contribution in [3.8, 4) is 67.5 Å². The second-order valence-corrected chi connectivity index (χ2v) is 13.9. The molecule has 0 atom stereocenters. The number of hydrogen-bond donors (Lipinski definition) is 0. The van der Waals surface area contributed by atoms with Gasteiger partial charge in [-0.1, -0.05) is 152 Å². The molecule has 0 N–H and O–H groups in total. The van der Waals surface area contributed by atoms with E-state index in [0.29, 0.717) is 17.5 Å². The second kappa shape index (κ2) is 13.0. The molecule has 0 aliphatic rings. The van der Waals surface area contributed by atoms with Crippen LogP contribution in [0.5, 0.6) is 0 Å². The molecule has 0 saturated carbocycles. The Morgan fingerprint density at radius 2 is 0.839 bits per heavy atom. The van der Waals surface area contributed by atoms with Gasteiger partial charge in [0.1, 0.15) is 22.3 Å². The normalized spacial score (nSPS) is 11.6. The first-order valence-corrected chi connectivity index (χ1v) is 18.7. The number of aromatic nitrogens is 3. The molecular formula is C51H31N3O2. The van der Waals surface area contributed by atoms with Crippen molar-refractivity contribution in [3.63, 3.8) is 0 Å². The third-order valence-corrected chi connectivity index (χ3v) is 10.6. The summed E-state index contributed by atoms with van der Waals surface area (Å²) in [4.78, 5) is 15.0. The van der Waals surface area contributed by atoms with E-state index >= 15 is 0 Å². The van der Waals surface area contributed by atoms with Crippen molar-refractivity contribution in [2.24, 2.45) is 0 Å². The van der Waals surface area contributed by atoms with Gasteiger partial charge < -0.3 is 8.83 Å². The van der Waals surface area contributed by atoms with E-state index in [1.54, 1.807) is 0 Å². The van der Waals surface area contributed by atoms with Gasteiger partial charge >= 0.3 is 0 Å². The quantitative estimate of drug-likeness (QED) is 0.171. The first kappa shape index (κ1) is 31.9. The molecule has 56 heavy (non-hydrogen) atoms. The van der Waals surface area contributed by atoms with Crippen molar-refractivity contribution in [3.05, 3.63) is 188 Å². The number of hydrogen-bond acceptors (Lipinski definition) is 5. The van der Waals surface area contributed by atoms with E-state index in [0.717, 1.165) is 82.8 Å². The molecule has 0 spiro atoms. The van der Waals surface area contributed by atoms with Gasteiger partial charge in [-0.05, 0) is 64.2 Å². The third-order valence-electron chi connectivity index (χ3n) is 10.6. The maximum atomic E-state index is 6.71. The van der Waals surface area contributed by atoms with Crippen molar-refractivity contribution >= 4 is 43.9 Å². The largest absolute Gasteiger partial charge is 0.456 e. The Balaban J connectivity index is 1.07. The molecule has 0 saturated heterocycles. The van der Waals surface area contributed by atoms with Gasteiger partial charge in [0, 0.05) is 43.8 Å². The Bertz CT molecular complexity index is 3180. The highest BCUT2D eigenvalue weighted by atomic mass is 16.3. The highest BCUT2D eigenvalue weighted by Crippen LogP contribution is 2.44. The van der Waals surface area contributed by atoms with Gasteiger partial charge in [0.25, 0.3) is 0 Å². The molecule has 0 aliphatic heterocycles. The standard InChI is InChI=1S/C51H31N3O2/c1-4-14-32(15-5-1)35-20-12-21-36(30-35)38-28-29-39(48-47(38)40-22-10-11-24-43(40)56-48)37-26-27-41-45(31-37)55-44-25-13-23-42(46(41)44)51-53-49(33-16-6-2-7-17-33)52-50(54-51)34-18-8-3-9-19-34/h1-31H. The molecule has 262 valence electrons. The lowest BCUT2D eigenvalue weighted by Crippen LogP contribution is -2.00. The summed E-state index contributed by atoms with van der Waals surface area (Å²) in [6, 6.07) is 64.5. The van der Waals surface area contributed by atoms with Crippen LogP contribution in [0.15, 0.2) is 197 Å². The summed E-state index contributed by atoms with van der Waals surface area (Å²) >= 11 is 0. The molecule has 8 aromatic carbocycles. The molecule has 5 nitrogen and oxygen atoms in total. The molecule has 3 aromatic heterocycles. The van der Waals surface area contributed by atoms with Crippen LogP contribution in [-0.4, -0.2) is 15.0 Å². The molecule has 0 radical (unpaired) electrons. The number of nitrogens with zero attached hydrogens (tertiary/aromatic N) is 3. The van der Waals surface area contributed by atoms with Crippen LogP contribution in [-0.2, 0) is 0 Å². The van der Waals surface area contributed by atoms with Crippen molar-refractivity contribution in [2.75, 3.05) is 0 Å². The fourth-order valence-electron chi connectivity index (χ4n) is 7.90. The predicted octanol–water partition coefficient (Wildman–Crippen LogP) is 13.7. The molecule has 5 heteroatoms. The van der Waals surface area contributed by atoms with Gasteiger partial charge in [0.05, 0.1) is 0 Å². The van der Waals surface area contributed by atoms with E-state index in [1.165, 1.54) is 11.1 Å². The molecule has 11 aromatic rings. The highest BCUT2D eigenvalue weighted by molar-refractivity contribution is 6.17. The minimum atomic E-state index is 0.589. The van der Waals surface area contributed by atoms with Crippen molar-refractivity contribution < 1.29 is 8.83 Å². The van der Waals surface area contributed by atoms with Crippen LogP contribution >= 0.6 is 0 Å². The molecular weight excluding hydrogens is 687 g/mol. The molecule has 0 bridgehead atoms. The molecule has 0 fully saturated rings. The van der Waals surface area contributed by atoms with Crippen LogP contribution in [0.2, 0.25) is 0 Å². The molecule has 0 unspecified atom stereocenters. The fraction of sp³-hybridized carbons (Fsp3) is 0. The summed E-state index contributed by atoms with van der Waals surface area (Å²) in [5.41, 5.74) is 12.6. The van der Waals surface area contributed by atoms with E-state index in [-0.39, 0.29) is 0 Å². The van der Waals surface area contributed by atoms with E-state index in [1.807, 2.05) is 91.0 Å². The van der Waals surface area contributed by atoms with Gasteiger partial charge in [-0.3, -0.25) is 0 Å². The van der Waals surface area contributed by atoms with Gasteiger partial charge in [0.15, 0.2) is 17.5 Å². The number of para-hydroxylation sites is 1. The van der Waals surface area contributed by atoms with E-state index in [4.69, 9.17) is 23.8 Å². The second-order valence-electron chi connectivity index (χ2n) is 13.9. The summed E-state index contributed by atoms with van der Waals surface area (Å²) in [5, 5.41) is 4.12.